The molecule has 0 amide bonds. The standard InChI is InChI=1S/C14H20N4/c1-18(11-13-6-2-3-7-16-13)10-12-5-4-8-17-14(12)9-15/h4-5,8,13,16H,2-3,6-7,10-11H2,1H3. The van der Waals surface area contributed by atoms with Gasteiger partial charge in [-0.2, -0.15) is 5.26 Å². The molecule has 18 heavy (non-hydrogen) atoms. The molecule has 1 unspecified atom stereocenters. The Morgan fingerprint density at radius 1 is 1.56 bits per heavy atom. The largest absolute Gasteiger partial charge is 0.313 e. The van der Waals surface area contributed by atoms with Crippen LogP contribution in [0.25, 0.3) is 0 Å². The maximum Gasteiger partial charge on any atom is 0.144 e. The maximum absolute atomic E-state index is 9.01. The first-order valence-electron chi connectivity index (χ1n) is 6.55. The predicted molar refractivity (Wildman–Crippen MR) is 70.9 cm³/mol. The topological polar surface area (TPSA) is 52.0 Å². The van der Waals surface area contributed by atoms with Crippen LogP contribution in [0, 0.1) is 11.3 Å². The molecule has 1 aromatic rings. The molecule has 1 aliphatic heterocycles. The van der Waals surface area contributed by atoms with Gasteiger partial charge >= 0.3 is 0 Å². The van der Waals surface area contributed by atoms with Gasteiger partial charge in [-0.3, -0.25) is 0 Å². The van der Waals surface area contributed by atoms with Crippen molar-refractivity contribution in [3.63, 3.8) is 0 Å². The number of hydrogen-bond acceptors (Lipinski definition) is 4. The molecule has 2 rings (SSSR count). The zero-order valence-electron chi connectivity index (χ0n) is 10.9. The molecule has 0 aliphatic carbocycles. The van der Waals surface area contributed by atoms with Crippen LogP contribution in [0.1, 0.15) is 30.5 Å². The molecule has 0 spiro atoms. The lowest BCUT2D eigenvalue weighted by Gasteiger charge is -2.28. The van der Waals surface area contributed by atoms with Gasteiger partial charge in [0, 0.05) is 30.9 Å². The van der Waals surface area contributed by atoms with E-state index in [4.69, 9.17) is 5.26 Å². The lowest BCUT2D eigenvalue weighted by molar-refractivity contribution is 0.256. The number of aromatic nitrogens is 1. The highest BCUT2D eigenvalue weighted by Crippen LogP contribution is 2.11. The van der Waals surface area contributed by atoms with Crippen LogP contribution in [0.4, 0.5) is 0 Å². The minimum absolute atomic E-state index is 0.543. The molecule has 0 radical (unpaired) electrons. The van der Waals surface area contributed by atoms with Crippen molar-refractivity contribution in [2.75, 3.05) is 20.1 Å². The second-order valence-electron chi connectivity index (χ2n) is 4.97. The van der Waals surface area contributed by atoms with E-state index in [-0.39, 0.29) is 0 Å². The first-order chi connectivity index (χ1) is 8.79. The molecule has 0 bridgehead atoms. The Morgan fingerprint density at radius 2 is 2.44 bits per heavy atom. The van der Waals surface area contributed by atoms with Crippen LogP contribution in [-0.4, -0.2) is 36.1 Å². The van der Waals surface area contributed by atoms with E-state index in [0.717, 1.165) is 25.2 Å². The van der Waals surface area contributed by atoms with Crippen LogP contribution in [0.15, 0.2) is 18.3 Å². The van der Waals surface area contributed by atoms with E-state index in [1.165, 1.54) is 19.3 Å². The van der Waals surface area contributed by atoms with Crippen LogP contribution < -0.4 is 5.32 Å². The van der Waals surface area contributed by atoms with Crippen molar-refractivity contribution < 1.29 is 0 Å². The summed E-state index contributed by atoms with van der Waals surface area (Å²) in [4.78, 5) is 6.36. The van der Waals surface area contributed by atoms with E-state index in [9.17, 15) is 0 Å². The molecule has 4 heteroatoms. The van der Waals surface area contributed by atoms with E-state index in [2.05, 4.69) is 28.3 Å². The monoisotopic (exact) mass is 244 g/mol. The van der Waals surface area contributed by atoms with Crippen LogP contribution >= 0.6 is 0 Å². The number of hydrogen-bond donors (Lipinski definition) is 1. The molecule has 1 saturated heterocycles. The molecule has 1 aromatic heterocycles. The molecule has 96 valence electrons. The second-order valence-corrected chi connectivity index (χ2v) is 4.97. The van der Waals surface area contributed by atoms with Crippen molar-refractivity contribution >= 4 is 0 Å². The molecule has 2 heterocycles. The van der Waals surface area contributed by atoms with Crippen molar-refractivity contribution in [1.82, 2.24) is 15.2 Å². The normalized spacial score (nSPS) is 19.7. The van der Waals surface area contributed by atoms with Crippen LogP contribution in [0.2, 0.25) is 0 Å². The van der Waals surface area contributed by atoms with E-state index < -0.39 is 0 Å². The number of pyridine rings is 1. The quantitative estimate of drug-likeness (QED) is 0.872. The van der Waals surface area contributed by atoms with Gasteiger partial charge in [0.2, 0.25) is 0 Å². The number of likely N-dealkylation sites (N-methyl/N-ethyl adjacent to an activating group) is 1. The van der Waals surface area contributed by atoms with Crippen LogP contribution in [0.3, 0.4) is 0 Å². The smallest absolute Gasteiger partial charge is 0.144 e. The molecule has 1 N–H and O–H groups in total. The summed E-state index contributed by atoms with van der Waals surface area (Å²) in [5.74, 6) is 0. The fraction of sp³-hybridized carbons (Fsp3) is 0.571. The van der Waals surface area contributed by atoms with Crippen LogP contribution in [0.5, 0.6) is 0 Å². The van der Waals surface area contributed by atoms with Gasteiger partial charge in [0.25, 0.3) is 0 Å². The van der Waals surface area contributed by atoms with Gasteiger partial charge in [0.15, 0.2) is 0 Å². The zero-order chi connectivity index (χ0) is 12.8. The van der Waals surface area contributed by atoms with Gasteiger partial charge in [0.05, 0.1) is 0 Å². The number of nitriles is 1. The summed E-state index contributed by atoms with van der Waals surface area (Å²) in [6, 6.07) is 6.61. The van der Waals surface area contributed by atoms with Gasteiger partial charge in [-0.15, -0.1) is 0 Å². The molecular formula is C14H20N4. The third-order valence-electron chi connectivity index (χ3n) is 3.38. The molecule has 1 aliphatic rings. The van der Waals surface area contributed by atoms with Gasteiger partial charge in [0.1, 0.15) is 11.8 Å². The van der Waals surface area contributed by atoms with E-state index in [0.29, 0.717) is 11.7 Å². The molecule has 0 saturated carbocycles. The Labute approximate surface area is 109 Å². The van der Waals surface area contributed by atoms with Crippen molar-refractivity contribution in [3.8, 4) is 6.07 Å². The average Bonchev–Trinajstić information content (AvgIpc) is 2.40. The second kappa shape index (κ2) is 6.48. The van der Waals surface area contributed by atoms with Gasteiger partial charge < -0.3 is 10.2 Å². The first kappa shape index (κ1) is 13.0. The molecule has 0 aromatic carbocycles. The lowest BCUT2D eigenvalue weighted by Crippen LogP contribution is -2.42. The molecule has 1 atom stereocenters. The summed E-state index contributed by atoms with van der Waals surface area (Å²) in [5.41, 5.74) is 1.55. The molecule has 4 nitrogen and oxygen atoms in total. The molecular weight excluding hydrogens is 224 g/mol. The van der Waals surface area contributed by atoms with Gasteiger partial charge in [-0.05, 0) is 32.5 Å². The Bertz CT molecular complexity index is 418. The van der Waals surface area contributed by atoms with Crippen molar-refractivity contribution in [3.05, 3.63) is 29.6 Å². The zero-order valence-corrected chi connectivity index (χ0v) is 10.9. The minimum atomic E-state index is 0.543. The molecule has 1 fully saturated rings. The summed E-state index contributed by atoms with van der Waals surface area (Å²) < 4.78 is 0. The van der Waals surface area contributed by atoms with E-state index in [1.54, 1.807) is 6.20 Å². The summed E-state index contributed by atoms with van der Waals surface area (Å²) in [6.07, 6.45) is 5.54. The van der Waals surface area contributed by atoms with Crippen molar-refractivity contribution in [1.29, 1.82) is 5.26 Å². The number of piperidine rings is 1. The third kappa shape index (κ3) is 3.52. The highest BCUT2D eigenvalue weighted by Gasteiger charge is 2.15. The van der Waals surface area contributed by atoms with Crippen LogP contribution in [-0.2, 0) is 6.54 Å². The van der Waals surface area contributed by atoms with Gasteiger partial charge in [-0.1, -0.05) is 12.5 Å². The van der Waals surface area contributed by atoms with Crippen molar-refractivity contribution in [2.45, 2.75) is 31.8 Å². The lowest BCUT2D eigenvalue weighted by atomic mass is 10.0. The Morgan fingerprint density at radius 3 is 3.17 bits per heavy atom. The number of nitrogens with one attached hydrogen (secondary N) is 1. The van der Waals surface area contributed by atoms with Gasteiger partial charge in [-0.25, -0.2) is 4.98 Å². The van der Waals surface area contributed by atoms with E-state index >= 15 is 0 Å². The summed E-state index contributed by atoms with van der Waals surface area (Å²) in [5, 5.41) is 12.6. The number of rotatable bonds is 4. The summed E-state index contributed by atoms with van der Waals surface area (Å²) in [7, 11) is 2.10. The summed E-state index contributed by atoms with van der Waals surface area (Å²) >= 11 is 0. The fourth-order valence-corrected chi connectivity index (χ4v) is 2.48. The highest BCUT2D eigenvalue weighted by atomic mass is 15.1. The Hall–Kier alpha value is -1.44. The average molecular weight is 244 g/mol. The maximum atomic E-state index is 9.01. The predicted octanol–water partition coefficient (Wildman–Crippen LogP) is 1.53. The Kier molecular flexibility index (Phi) is 4.68. The van der Waals surface area contributed by atoms with E-state index in [1.807, 2.05) is 12.1 Å². The SMILES string of the molecule is CN(Cc1cccnc1C#N)CC1CCCCN1. The fourth-order valence-electron chi connectivity index (χ4n) is 2.48. The minimum Gasteiger partial charge on any atom is -0.313 e. The van der Waals surface area contributed by atoms with Crippen molar-refractivity contribution in [2.24, 2.45) is 0 Å². The third-order valence-corrected chi connectivity index (χ3v) is 3.38. The Balaban J connectivity index is 1.90. The first-order valence-corrected chi connectivity index (χ1v) is 6.55. The highest BCUT2D eigenvalue weighted by molar-refractivity contribution is 5.30. The summed E-state index contributed by atoms with van der Waals surface area (Å²) in [6.45, 7) is 2.95. The number of nitrogens with zero attached hydrogens (tertiary/aromatic N) is 3.